The Labute approximate surface area is 107 Å². The first-order valence-corrected chi connectivity index (χ1v) is 6.29. The minimum absolute atomic E-state index is 0.0965. The Hall–Kier alpha value is -1.96. The summed E-state index contributed by atoms with van der Waals surface area (Å²) < 4.78 is 6.07. The second-order valence-corrected chi connectivity index (χ2v) is 4.75. The fourth-order valence-corrected chi connectivity index (χ4v) is 2.49. The number of benzene rings is 2. The van der Waals surface area contributed by atoms with Crippen molar-refractivity contribution in [3.05, 3.63) is 59.2 Å². The lowest BCUT2D eigenvalue weighted by Gasteiger charge is -2.28. The van der Waals surface area contributed by atoms with Crippen LogP contribution in [0.25, 0.3) is 0 Å². The number of hydrogen-bond acceptors (Lipinski definition) is 2. The number of phenolic OH excluding ortho intramolecular Hbond substituents is 1. The Morgan fingerprint density at radius 1 is 1.11 bits per heavy atom. The third kappa shape index (κ3) is 1.84. The van der Waals surface area contributed by atoms with E-state index in [-0.39, 0.29) is 6.10 Å². The van der Waals surface area contributed by atoms with Gasteiger partial charge in [0.1, 0.15) is 17.6 Å². The number of phenols is 1. The van der Waals surface area contributed by atoms with Crippen LogP contribution in [0.5, 0.6) is 11.5 Å². The van der Waals surface area contributed by atoms with Crippen LogP contribution in [-0.4, -0.2) is 5.11 Å². The van der Waals surface area contributed by atoms with Crippen molar-refractivity contribution in [2.45, 2.75) is 25.9 Å². The molecule has 1 unspecified atom stereocenters. The zero-order chi connectivity index (χ0) is 12.5. The summed E-state index contributed by atoms with van der Waals surface area (Å²) in [6, 6.07) is 14.0. The van der Waals surface area contributed by atoms with E-state index < -0.39 is 0 Å². The Kier molecular flexibility index (Phi) is 2.71. The molecule has 0 aromatic heterocycles. The van der Waals surface area contributed by atoms with Gasteiger partial charge in [0, 0.05) is 5.56 Å². The van der Waals surface area contributed by atoms with Gasteiger partial charge in [-0.1, -0.05) is 36.4 Å². The van der Waals surface area contributed by atoms with Crippen LogP contribution in [0.1, 0.15) is 29.2 Å². The van der Waals surface area contributed by atoms with Gasteiger partial charge in [-0.15, -0.1) is 0 Å². The molecule has 0 saturated carbocycles. The largest absolute Gasteiger partial charge is 0.508 e. The Morgan fingerprint density at radius 3 is 2.67 bits per heavy atom. The molecular formula is C16H16O2. The summed E-state index contributed by atoms with van der Waals surface area (Å²) in [4.78, 5) is 0. The quantitative estimate of drug-likeness (QED) is 0.822. The average molecular weight is 240 g/mol. The van der Waals surface area contributed by atoms with Gasteiger partial charge in [0.2, 0.25) is 0 Å². The van der Waals surface area contributed by atoms with Crippen molar-refractivity contribution in [3.63, 3.8) is 0 Å². The standard InChI is InChI=1S/C16H16O2/c1-11-14(17)9-7-13-8-10-15(18-16(11)13)12-5-3-2-4-6-12/h2-7,9,15,17H,8,10H2,1H3. The highest BCUT2D eigenvalue weighted by atomic mass is 16.5. The van der Waals surface area contributed by atoms with Gasteiger partial charge in [-0.25, -0.2) is 0 Å². The minimum atomic E-state index is 0.0965. The Balaban J connectivity index is 1.96. The number of aryl methyl sites for hydroxylation is 1. The van der Waals surface area contributed by atoms with Crippen molar-refractivity contribution in [3.8, 4) is 11.5 Å². The highest BCUT2D eigenvalue weighted by Crippen LogP contribution is 2.39. The third-order valence-electron chi connectivity index (χ3n) is 3.57. The van der Waals surface area contributed by atoms with Gasteiger partial charge in [-0.05, 0) is 37.0 Å². The van der Waals surface area contributed by atoms with Crippen molar-refractivity contribution in [2.75, 3.05) is 0 Å². The number of hydrogen-bond donors (Lipinski definition) is 1. The van der Waals surface area contributed by atoms with Gasteiger partial charge in [0.05, 0.1) is 0 Å². The van der Waals surface area contributed by atoms with Crippen LogP contribution in [0.3, 0.4) is 0 Å². The molecule has 2 aromatic rings. The van der Waals surface area contributed by atoms with E-state index in [1.54, 1.807) is 6.07 Å². The van der Waals surface area contributed by atoms with Crippen LogP contribution < -0.4 is 4.74 Å². The van der Waals surface area contributed by atoms with E-state index in [0.29, 0.717) is 5.75 Å². The maximum absolute atomic E-state index is 9.75. The summed E-state index contributed by atoms with van der Waals surface area (Å²) in [5.41, 5.74) is 3.23. The molecule has 0 aliphatic carbocycles. The summed E-state index contributed by atoms with van der Waals surface area (Å²) in [6.45, 7) is 1.90. The first kappa shape index (κ1) is 11.1. The van der Waals surface area contributed by atoms with Gasteiger partial charge in [0.25, 0.3) is 0 Å². The van der Waals surface area contributed by atoms with Gasteiger partial charge in [0.15, 0.2) is 0 Å². The smallest absolute Gasteiger partial charge is 0.130 e. The summed E-state index contributed by atoms with van der Waals surface area (Å²) in [5.74, 6) is 1.16. The van der Waals surface area contributed by atoms with E-state index in [1.807, 2.05) is 31.2 Å². The van der Waals surface area contributed by atoms with E-state index >= 15 is 0 Å². The first-order chi connectivity index (χ1) is 8.75. The first-order valence-electron chi connectivity index (χ1n) is 6.29. The molecule has 18 heavy (non-hydrogen) atoms. The molecule has 2 heteroatoms. The molecule has 0 bridgehead atoms. The summed E-state index contributed by atoms with van der Waals surface area (Å²) in [6.07, 6.45) is 2.08. The number of fused-ring (bicyclic) bond motifs is 1. The Morgan fingerprint density at radius 2 is 1.89 bits per heavy atom. The average Bonchev–Trinajstić information content (AvgIpc) is 2.44. The van der Waals surface area contributed by atoms with Crippen molar-refractivity contribution < 1.29 is 9.84 Å². The molecule has 1 atom stereocenters. The zero-order valence-electron chi connectivity index (χ0n) is 10.4. The summed E-state index contributed by atoms with van der Waals surface area (Å²) >= 11 is 0. The molecule has 3 rings (SSSR count). The highest BCUT2D eigenvalue weighted by molar-refractivity contribution is 5.50. The second kappa shape index (κ2) is 4.37. The van der Waals surface area contributed by atoms with E-state index in [0.717, 1.165) is 24.2 Å². The van der Waals surface area contributed by atoms with Crippen LogP contribution in [0.2, 0.25) is 0 Å². The lowest BCUT2D eigenvalue weighted by Crippen LogP contribution is -2.15. The van der Waals surface area contributed by atoms with Crippen molar-refractivity contribution >= 4 is 0 Å². The van der Waals surface area contributed by atoms with E-state index in [1.165, 1.54) is 11.1 Å². The number of rotatable bonds is 1. The van der Waals surface area contributed by atoms with Crippen LogP contribution in [-0.2, 0) is 6.42 Å². The van der Waals surface area contributed by atoms with Crippen molar-refractivity contribution in [1.29, 1.82) is 0 Å². The fraction of sp³-hybridized carbons (Fsp3) is 0.250. The van der Waals surface area contributed by atoms with Crippen LogP contribution in [0.15, 0.2) is 42.5 Å². The van der Waals surface area contributed by atoms with E-state index in [9.17, 15) is 5.11 Å². The molecule has 2 nitrogen and oxygen atoms in total. The summed E-state index contributed by atoms with van der Waals surface area (Å²) in [7, 11) is 0. The zero-order valence-corrected chi connectivity index (χ0v) is 10.4. The monoisotopic (exact) mass is 240 g/mol. The lowest BCUT2D eigenvalue weighted by atomic mass is 9.95. The molecule has 0 fully saturated rings. The maximum Gasteiger partial charge on any atom is 0.130 e. The van der Waals surface area contributed by atoms with Gasteiger partial charge >= 0.3 is 0 Å². The predicted molar refractivity (Wildman–Crippen MR) is 71.0 cm³/mol. The number of aromatic hydroxyl groups is 1. The van der Waals surface area contributed by atoms with Crippen LogP contribution in [0, 0.1) is 6.92 Å². The van der Waals surface area contributed by atoms with Gasteiger partial charge in [-0.3, -0.25) is 0 Å². The topological polar surface area (TPSA) is 29.5 Å². The molecule has 0 amide bonds. The summed E-state index contributed by atoms with van der Waals surface area (Å²) in [5, 5.41) is 9.75. The lowest BCUT2D eigenvalue weighted by molar-refractivity contribution is 0.174. The molecule has 0 saturated heterocycles. The molecule has 92 valence electrons. The predicted octanol–water partition coefficient (Wildman–Crippen LogP) is 3.77. The molecule has 2 aromatic carbocycles. The molecule has 1 N–H and O–H groups in total. The molecular weight excluding hydrogens is 224 g/mol. The van der Waals surface area contributed by atoms with Gasteiger partial charge < -0.3 is 9.84 Å². The van der Waals surface area contributed by atoms with Crippen LogP contribution in [0.4, 0.5) is 0 Å². The van der Waals surface area contributed by atoms with Crippen molar-refractivity contribution in [1.82, 2.24) is 0 Å². The maximum atomic E-state index is 9.75. The van der Waals surface area contributed by atoms with E-state index in [4.69, 9.17) is 4.74 Å². The Bertz CT molecular complexity index is 561. The van der Waals surface area contributed by atoms with Gasteiger partial charge in [-0.2, -0.15) is 0 Å². The van der Waals surface area contributed by atoms with Crippen LogP contribution >= 0.6 is 0 Å². The highest BCUT2D eigenvalue weighted by Gasteiger charge is 2.23. The normalized spacial score (nSPS) is 17.9. The molecule has 1 heterocycles. The SMILES string of the molecule is Cc1c(O)ccc2c1OC(c1ccccc1)CC2. The number of ether oxygens (including phenoxy) is 1. The fourth-order valence-electron chi connectivity index (χ4n) is 2.49. The second-order valence-electron chi connectivity index (χ2n) is 4.75. The third-order valence-corrected chi connectivity index (χ3v) is 3.57. The van der Waals surface area contributed by atoms with E-state index in [2.05, 4.69) is 12.1 Å². The minimum Gasteiger partial charge on any atom is -0.508 e. The molecule has 0 radical (unpaired) electrons. The molecule has 1 aliphatic rings. The molecule has 0 spiro atoms. The van der Waals surface area contributed by atoms with Crippen molar-refractivity contribution in [2.24, 2.45) is 0 Å². The molecule has 1 aliphatic heterocycles.